The van der Waals surface area contributed by atoms with E-state index in [0.29, 0.717) is 13.1 Å². The van der Waals surface area contributed by atoms with Crippen molar-refractivity contribution in [2.45, 2.75) is 18.5 Å². The first-order chi connectivity index (χ1) is 10.00. The summed E-state index contributed by atoms with van der Waals surface area (Å²) in [5.41, 5.74) is -0.924. The Morgan fingerprint density at radius 3 is 2.18 bits per heavy atom. The average molecular weight is 332 g/mol. The third-order valence-corrected chi connectivity index (χ3v) is 2.31. The van der Waals surface area contributed by atoms with E-state index in [2.05, 4.69) is 10.3 Å². The largest absolute Gasteiger partial charge is 0.490 e. The number of aliphatic carboxylic acids is 1. The molecule has 5 nitrogen and oxygen atoms in total. The van der Waals surface area contributed by atoms with Crippen LogP contribution in [0.1, 0.15) is 5.69 Å². The summed E-state index contributed by atoms with van der Waals surface area (Å²) in [7, 11) is 0. The van der Waals surface area contributed by atoms with Gasteiger partial charge in [-0.1, -0.05) is 0 Å². The van der Waals surface area contributed by atoms with Crippen LogP contribution in [-0.2, 0) is 11.0 Å². The van der Waals surface area contributed by atoms with Crippen LogP contribution in [0.3, 0.4) is 0 Å². The van der Waals surface area contributed by atoms with Crippen molar-refractivity contribution in [2.75, 3.05) is 13.1 Å². The maximum absolute atomic E-state index is 12.3. The van der Waals surface area contributed by atoms with Gasteiger partial charge in [-0.25, -0.2) is 4.79 Å². The van der Waals surface area contributed by atoms with Crippen LogP contribution >= 0.6 is 0 Å². The number of nitrogens with zero attached hydrogens (tertiary/aromatic N) is 1. The molecule has 11 heteroatoms. The van der Waals surface area contributed by atoms with E-state index in [9.17, 15) is 26.3 Å². The number of carboxylic acids is 1. The van der Waals surface area contributed by atoms with Crippen LogP contribution in [-0.4, -0.2) is 41.4 Å². The fourth-order valence-electron chi connectivity index (χ4n) is 1.18. The molecule has 1 saturated heterocycles. The standard InChI is InChI=1S/C9H9F3N2O.C2HF3O2/c10-9(11,12)8-3-6(1-2-14-8)15-7-4-13-5-7;3-2(4,5)1(6)7/h1-3,7,13H,4-5H2;(H,6,7). The Morgan fingerprint density at radius 2 is 1.82 bits per heavy atom. The molecule has 0 bridgehead atoms. The lowest BCUT2D eigenvalue weighted by molar-refractivity contribution is -0.192. The first-order valence-electron chi connectivity index (χ1n) is 5.71. The number of aromatic nitrogens is 1. The lowest BCUT2D eigenvalue weighted by atomic mass is 10.2. The molecule has 0 saturated carbocycles. The van der Waals surface area contributed by atoms with E-state index in [4.69, 9.17) is 14.6 Å². The van der Waals surface area contributed by atoms with Gasteiger partial charge in [-0.2, -0.15) is 26.3 Å². The fourth-order valence-corrected chi connectivity index (χ4v) is 1.18. The molecule has 2 heterocycles. The van der Waals surface area contributed by atoms with Crippen molar-refractivity contribution in [3.63, 3.8) is 0 Å². The Kier molecular flexibility index (Phi) is 5.58. The zero-order valence-electron chi connectivity index (χ0n) is 10.7. The van der Waals surface area contributed by atoms with E-state index >= 15 is 0 Å². The van der Waals surface area contributed by atoms with Gasteiger partial charge in [0.25, 0.3) is 0 Å². The second-order valence-corrected chi connectivity index (χ2v) is 4.08. The summed E-state index contributed by atoms with van der Waals surface area (Å²) < 4.78 is 73.8. The third kappa shape index (κ3) is 5.76. The number of rotatable bonds is 2. The molecule has 1 aliphatic rings. The molecule has 22 heavy (non-hydrogen) atoms. The number of halogens is 6. The van der Waals surface area contributed by atoms with Crippen molar-refractivity contribution >= 4 is 5.97 Å². The molecule has 0 amide bonds. The van der Waals surface area contributed by atoms with Crippen LogP contribution in [0.5, 0.6) is 5.75 Å². The van der Waals surface area contributed by atoms with E-state index < -0.39 is 24.0 Å². The number of alkyl halides is 6. The van der Waals surface area contributed by atoms with Crippen molar-refractivity contribution in [1.29, 1.82) is 0 Å². The van der Waals surface area contributed by atoms with Crippen molar-refractivity contribution in [3.8, 4) is 5.75 Å². The molecule has 2 N–H and O–H groups in total. The molecule has 0 radical (unpaired) electrons. The molecule has 124 valence electrons. The molecule has 1 aromatic rings. The van der Waals surface area contributed by atoms with Gasteiger partial charge >= 0.3 is 18.3 Å². The van der Waals surface area contributed by atoms with Gasteiger partial charge < -0.3 is 15.2 Å². The van der Waals surface area contributed by atoms with Crippen LogP contribution in [0.25, 0.3) is 0 Å². The zero-order chi connectivity index (χ0) is 17.0. The summed E-state index contributed by atoms with van der Waals surface area (Å²) in [6.45, 7) is 1.34. The molecule has 0 aromatic carbocycles. The van der Waals surface area contributed by atoms with E-state index in [-0.39, 0.29) is 11.9 Å². The fraction of sp³-hybridized carbons (Fsp3) is 0.455. The topological polar surface area (TPSA) is 71.5 Å². The second-order valence-electron chi connectivity index (χ2n) is 4.08. The Labute approximate surface area is 119 Å². The highest BCUT2D eigenvalue weighted by atomic mass is 19.4. The molecule has 0 spiro atoms. The first kappa shape index (κ1) is 18.0. The normalized spacial score (nSPS) is 15.4. The van der Waals surface area contributed by atoms with Gasteiger partial charge in [-0.3, -0.25) is 4.98 Å². The number of ether oxygens (including phenoxy) is 1. The number of carbonyl (C=O) groups is 1. The van der Waals surface area contributed by atoms with Gasteiger partial charge in [-0.05, 0) is 6.07 Å². The highest BCUT2D eigenvalue weighted by Gasteiger charge is 2.38. The Balaban J connectivity index is 0.000000295. The molecular formula is C11H10F6N2O3. The number of nitrogens with one attached hydrogen (secondary N) is 1. The van der Waals surface area contributed by atoms with Gasteiger partial charge in [0.2, 0.25) is 0 Å². The lowest BCUT2D eigenvalue weighted by Gasteiger charge is -2.27. The Bertz CT molecular complexity index is 513. The number of pyridine rings is 1. The van der Waals surface area contributed by atoms with Crippen molar-refractivity contribution in [2.24, 2.45) is 0 Å². The molecule has 0 atom stereocenters. The molecule has 1 aromatic heterocycles. The molecular weight excluding hydrogens is 322 g/mol. The van der Waals surface area contributed by atoms with Gasteiger partial charge in [-0.15, -0.1) is 0 Å². The first-order valence-corrected chi connectivity index (χ1v) is 5.71. The minimum absolute atomic E-state index is 0.0338. The molecule has 1 aliphatic heterocycles. The summed E-state index contributed by atoms with van der Waals surface area (Å²) >= 11 is 0. The summed E-state index contributed by atoms with van der Waals surface area (Å²) in [6, 6.07) is 2.34. The SMILES string of the molecule is FC(F)(F)c1cc(OC2CNC2)ccn1.O=C(O)C(F)(F)F. The van der Waals surface area contributed by atoms with E-state index in [1.807, 2.05) is 0 Å². The Morgan fingerprint density at radius 1 is 1.27 bits per heavy atom. The maximum Gasteiger partial charge on any atom is 0.490 e. The van der Waals surface area contributed by atoms with Crippen LogP contribution < -0.4 is 10.1 Å². The van der Waals surface area contributed by atoms with Gasteiger partial charge in [0.05, 0.1) is 0 Å². The summed E-state index contributed by atoms with van der Waals surface area (Å²) in [5, 5.41) is 10.1. The van der Waals surface area contributed by atoms with E-state index in [1.54, 1.807) is 0 Å². The summed E-state index contributed by atoms with van der Waals surface area (Å²) in [6.07, 6.45) is -8.44. The molecule has 0 unspecified atom stereocenters. The smallest absolute Gasteiger partial charge is 0.488 e. The highest BCUT2D eigenvalue weighted by Crippen LogP contribution is 2.29. The van der Waals surface area contributed by atoms with E-state index in [0.717, 1.165) is 12.3 Å². The number of hydrogen-bond donors (Lipinski definition) is 2. The van der Waals surface area contributed by atoms with Crippen molar-refractivity contribution in [1.82, 2.24) is 10.3 Å². The quantitative estimate of drug-likeness (QED) is 0.812. The summed E-state index contributed by atoms with van der Waals surface area (Å²) in [5.74, 6) is -2.55. The number of carboxylic acid groups (broad SMARTS) is 1. The Hall–Kier alpha value is -2.04. The molecule has 0 aliphatic carbocycles. The minimum Gasteiger partial charge on any atom is -0.488 e. The zero-order valence-corrected chi connectivity index (χ0v) is 10.7. The minimum atomic E-state index is -5.08. The average Bonchev–Trinajstić information content (AvgIpc) is 2.33. The van der Waals surface area contributed by atoms with Crippen LogP contribution in [0.15, 0.2) is 18.3 Å². The third-order valence-electron chi connectivity index (χ3n) is 2.31. The predicted octanol–water partition coefficient (Wildman–Crippen LogP) is 2.08. The highest BCUT2D eigenvalue weighted by molar-refractivity contribution is 5.73. The lowest BCUT2D eigenvalue weighted by Crippen LogP contribution is -2.50. The number of hydrogen-bond acceptors (Lipinski definition) is 4. The van der Waals surface area contributed by atoms with Crippen LogP contribution in [0.4, 0.5) is 26.3 Å². The van der Waals surface area contributed by atoms with Crippen LogP contribution in [0, 0.1) is 0 Å². The van der Waals surface area contributed by atoms with Gasteiger partial charge in [0.15, 0.2) is 0 Å². The van der Waals surface area contributed by atoms with Crippen LogP contribution in [0.2, 0.25) is 0 Å². The van der Waals surface area contributed by atoms with E-state index in [1.165, 1.54) is 6.07 Å². The molecule has 2 rings (SSSR count). The monoisotopic (exact) mass is 332 g/mol. The molecule has 1 fully saturated rings. The van der Waals surface area contributed by atoms with Crippen molar-refractivity contribution in [3.05, 3.63) is 24.0 Å². The van der Waals surface area contributed by atoms with Gasteiger partial charge in [0, 0.05) is 25.4 Å². The summed E-state index contributed by atoms with van der Waals surface area (Å²) in [4.78, 5) is 12.1. The van der Waals surface area contributed by atoms with Crippen molar-refractivity contribution < 1.29 is 41.0 Å². The maximum atomic E-state index is 12.3. The van der Waals surface area contributed by atoms with Gasteiger partial charge in [0.1, 0.15) is 17.5 Å². The predicted molar refractivity (Wildman–Crippen MR) is 60.2 cm³/mol. The second kappa shape index (κ2) is 6.81.